The van der Waals surface area contributed by atoms with E-state index in [9.17, 15) is 19.8 Å². The molecule has 2 saturated carbocycles. The van der Waals surface area contributed by atoms with E-state index in [1.54, 1.807) is 0 Å². The monoisotopic (exact) mass is 380 g/mol. The summed E-state index contributed by atoms with van der Waals surface area (Å²) in [4.78, 5) is 25.4. The molecule has 0 bridgehead atoms. The zero-order valence-electron chi connectivity index (χ0n) is 17.3. The minimum Gasteiger partial charge on any atom is -0.481 e. The molecule has 0 saturated heterocycles. The van der Waals surface area contributed by atoms with Crippen LogP contribution in [0.2, 0.25) is 0 Å². The molecule has 0 aromatic heterocycles. The van der Waals surface area contributed by atoms with Crippen molar-refractivity contribution in [1.29, 1.82) is 0 Å². The van der Waals surface area contributed by atoms with Crippen LogP contribution in [0.4, 0.5) is 0 Å². The lowest BCUT2D eigenvalue weighted by Crippen LogP contribution is -2.51. The quantitative estimate of drug-likeness (QED) is 0.534. The van der Waals surface area contributed by atoms with Gasteiger partial charge in [0, 0.05) is 0 Å². The van der Waals surface area contributed by atoms with Gasteiger partial charge in [0.15, 0.2) is 0 Å². The van der Waals surface area contributed by atoms with Crippen LogP contribution < -0.4 is 0 Å². The molecule has 27 heavy (non-hydrogen) atoms. The minimum atomic E-state index is -0.854. The molecule has 0 radical (unpaired) electrons. The van der Waals surface area contributed by atoms with E-state index in [1.165, 1.54) is 12.8 Å². The Balaban J connectivity index is 2.49. The summed E-state index contributed by atoms with van der Waals surface area (Å²) in [5.74, 6) is -1.70. The molecular weight excluding hydrogens is 340 g/mol. The van der Waals surface area contributed by atoms with Gasteiger partial charge >= 0.3 is 11.9 Å². The smallest absolute Gasteiger partial charge is 0.309 e. The maximum absolute atomic E-state index is 12.7. The molecule has 2 fully saturated rings. The molecule has 2 aliphatic carbocycles. The van der Waals surface area contributed by atoms with Crippen molar-refractivity contribution in [2.45, 2.75) is 116 Å². The van der Waals surface area contributed by atoms with Gasteiger partial charge in [-0.2, -0.15) is 0 Å². The zero-order chi connectivity index (χ0) is 19.8. The summed E-state index contributed by atoms with van der Waals surface area (Å²) in [6.45, 7) is 2.12. The van der Waals surface area contributed by atoms with Gasteiger partial charge in [-0.3, -0.25) is 9.59 Å². The Morgan fingerprint density at radius 3 is 1.33 bits per heavy atom. The Kier molecular flexibility index (Phi) is 8.62. The number of carboxylic acids is 2. The van der Waals surface area contributed by atoms with Crippen molar-refractivity contribution in [2.75, 3.05) is 0 Å². The number of aliphatic carboxylic acids is 2. The highest BCUT2D eigenvalue weighted by atomic mass is 16.4. The van der Waals surface area contributed by atoms with Crippen molar-refractivity contribution in [3.8, 4) is 0 Å². The van der Waals surface area contributed by atoms with Crippen molar-refractivity contribution < 1.29 is 19.8 Å². The summed E-state index contributed by atoms with van der Waals surface area (Å²) in [6, 6.07) is 0. The molecule has 4 heteroatoms. The van der Waals surface area contributed by atoms with Crippen LogP contribution in [0.1, 0.15) is 116 Å². The molecule has 0 unspecified atom stereocenters. The zero-order valence-corrected chi connectivity index (χ0v) is 17.3. The molecule has 156 valence electrons. The van der Waals surface area contributed by atoms with E-state index >= 15 is 0 Å². The fourth-order valence-electron chi connectivity index (χ4n) is 5.98. The van der Waals surface area contributed by atoms with Gasteiger partial charge in [0.25, 0.3) is 0 Å². The minimum absolute atomic E-state index is 0.240. The van der Waals surface area contributed by atoms with Crippen molar-refractivity contribution in [3.05, 3.63) is 0 Å². The van der Waals surface area contributed by atoms with E-state index in [0.717, 1.165) is 70.6 Å². The van der Waals surface area contributed by atoms with Crippen LogP contribution >= 0.6 is 0 Å². The summed E-state index contributed by atoms with van der Waals surface area (Å²) in [5.41, 5.74) is -1.71. The van der Waals surface area contributed by atoms with Gasteiger partial charge in [-0.05, 0) is 38.0 Å². The van der Waals surface area contributed by atoms with Gasteiger partial charge in [-0.1, -0.05) is 84.0 Å². The molecule has 0 aromatic rings. The average Bonchev–Trinajstić information content (AvgIpc) is 2.57. The second-order valence-corrected chi connectivity index (χ2v) is 9.15. The summed E-state index contributed by atoms with van der Waals surface area (Å²) in [6.07, 6.45) is 15.7. The number of hydrogen-bond donors (Lipinski definition) is 2. The number of hydrogen-bond acceptors (Lipinski definition) is 2. The van der Waals surface area contributed by atoms with E-state index < -0.39 is 22.8 Å². The maximum atomic E-state index is 12.7. The lowest BCUT2D eigenvalue weighted by atomic mass is 9.53. The van der Waals surface area contributed by atoms with Crippen LogP contribution in [0.5, 0.6) is 0 Å². The maximum Gasteiger partial charge on any atom is 0.309 e. The second-order valence-electron chi connectivity index (χ2n) is 9.15. The lowest BCUT2D eigenvalue weighted by Gasteiger charge is -2.48. The molecule has 0 aromatic carbocycles. The fraction of sp³-hybridized carbons (Fsp3) is 0.913. The van der Waals surface area contributed by atoms with Crippen LogP contribution in [0.25, 0.3) is 0 Å². The number of unbranched alkanes of at least 4 members (excludes halogenated alkanes) is 1. The van der Waals surface area contributed by atoms with Crippen molar-refractivity contribution in [1.82, 2.24) is 0 Å². The van der Waals surface area contributed by atoms with Crippen molar-refractivity contribution >= 4 is 11.9 Å². The standard InChI is InChI=1S/C23H40O4/c1-2-3-14-19(22(20(24)25)15-10-6-4-7-11-16-22)23(21(26)27)17-12-8-5-9-13-18-23/h19H,2-18H2,1H3,(H,24,25)(H,26,27). The highest BCUT2D eigenvalue weighted by Crippen LogP contribution is 2.55. The van der Waals surface area contributed by atoms with Gasteiger partial charge in [0.05, 0.1) is 10.8 Å². The predicted octanol–water partition coefficient (Wildman–Crippen LogP) is 6.42. The summed E-state index contributed by atoms with van der Waals surface area (Å²) < 4.78 is 0. The van der Waals surface area contributed by atoms with Gasteiger partial charge in [-0.15, -0.1) is 0 Å². The highest BCUT2D eigenvalue weighted by molar-refractivity contribution is 5.80. The number of carbonyl (C=O) groups is 2. The van der Waals surface area contributed by atoms with E-state index in [-0.39, 0.29) is 5.92 Å². The lowest BCUT2D eigenvalue weighted by molar-refractivity contribution is -0.172. The van der Waals surface area contributed by atoms with Gasteiger partial charge < -0.3 is 10.2 Å². The molecule has 2 aliphatic rings. The SMILES string of the molecule is CCCCC(C1(C(=O)O)CCCCCCC1)C1(C(=O)O)CCCCCCC1. The van der Waals surface area contributed by atoms with Crippen LogP contribution in [0.15, 0.2) is 0 Å². The molecule has 0 atom stereocenters. The van der Waals surface area contributed by atoms with Crippen LogP contribution in [0, 0.1) is 16.7 Å². The molecule has 0 amide bonds. The third-order valence-corrected chi connectivity index (χ3v) is 7.52. The Hall–Kier alpha value is -1.06. The molecule has 2 N–H and O–H groups in total. The highest BCUT2D eigenvalue weighted by Gasteiger charge is 2.57. The fourth-order valence-corrected chi connectivity index (χ4v) is 5.98. The van der Waals surface area contributed by atoms with Gasteiger partial charge in [-0.25, -0.2) is 0 Å². The number of carboxylic acid groups (broad SMARTS) is 2. The topological polar surface area (TPSA) is 74.6 Å². The first kappa shape index (κ1) is 22.2. The molecule has 0 aliphatic heterocycles. The van der Waals surface area contributed by atoms with E-state index in [1.807, 2.05) is 0 Å². The molecule has 2 rings (SSSR count). The van der Waals surface area contributed by atoms with Crippen LogP contribution in [-0.2, 0) is 9.59 Å². The summed E-state index contributed by atoms with van der Waals surface area (Å²) in [5, 5.41) is 20.9. The van der Waals surface area contributed by atoms with E-state index in [4.69, 9.17) is 0 Å². The first-order valence-corrected chi connectivity index (χ1v) is 11.5. The molecular formula is C23H40O4. The first-order valence-electron chi connectivity index (χ1n) is 11.5. The second kappa shape index (κ2) is 10.5. The summed E-state index contributed by atoms with van der Waals surface area (Å²) in [7, 11) is 0. The largest absolute Gasteiger partial charge is 0.481 e. The summed E-state index contributed by atoms with van der Waals surface area (Å²) >= 11 is 0. The Morgan fingerprint density at radius 2 is 1.04 bits per heavy atom. The average molecular weight is 381 g/mol. The van der Waals surface area contributed by atoms with Gasteiger partial charge in [0.1, 0.15) is 0 Å². The van der Waals surface area contributed by atoms with E-state index in [0.29, 0.717) is 25.7 Å². The Bertz CT molecular complexity index is 429. The van der Waals surface area contributed by atoms with Crippen LogP contribution in [0.3, 0.4) is 0 Å². The Morgan fingerprint density at radius 1 is 0.704 bits per heavy atom. The molecule has 0 heterocycles. The van der Waals surface area contributed by atoms with Crippen molar-refractivity contribution in [2.24, 2.45) is 16.7 Å². The molecule has 4 nitrogen and oxygen atoms in total. The number of rotatable bonds is 7. The third kappa shape index (κ3) is 5.06. The third-order valence-electron chi connectivity index (χ3n) is 7.52. The van der Waals surface area contributed by atoms with Gasteiger partial charge in [0.2, 0.25) is 0 Å². The normalized spacial score (nSPS) is 23.6. The first-order chi connectivity index (χ1) is 13.0. The Labute approximate surface area is 165 Å². The molecule has 0 spiro atoms. The van der Waals surface area contributed by atoms with Crippen molar-refractivity contribution in [3.63, 3.8) is 0 Å². The van der Waals surface area contributed by atoms with Crippen LogP contribution in [-0.4, -0.2) is 22.2 Å². The van der Waals surface area contributed by atoms with E-state index in [2.05, 4.69) is 6.92 Å². The predicted molar refractivity (Wildman–Crippen MR) is 108 cm³/mol.